The summed E-state index contributed by atoms with van der Waals surface area (Å²) in [7, 11) is 1.55. The molecule has 0 amide bonds. The SMILES string of the molecule is CCC[C@H](C)Oc1cc(-n2nc(C(C)OC(C)OCC)n(C)c2=O)c(F)cc1C(=O)CC(CC)CC. The van der Waals surface area contributed by atoms with Crippen molar-refractivity contribution in [3.8, 4) is 11.4 Å². The van der Waals surface area contributed by atoms with E-state index in [1.165, 1.54) is 16.7 Å². The number of ether oxygens (including phenoxy) is 3. The van der Waals surface area contributed by atoms with E-state index in [-0.39, 0.29) is 34.8 Å². The van der Waals surface area contributed by atoms with Gasteiger partial charge in [0.2, 0.25) is 0 Å². The van der Waals surface area contributed by atoms with Crippen molar-refractivity contribution in [2.24, 2.45) is 13.0 Å². The van der Waals surface area contributed by atoms with Crippen molar-refractivity contribution < 1.29 is 23.4 Å². The van der Waals surface area contributed by atoms with Crippen LogP contribution in [-0.4, -0.2) is 39.1 Å². The normalized spacial score (nSPS) is 14.2. The second-order valence-corrected chi connectivity index (χ2v) is 9.24. The minimum atomic E-state index is -0.721. The lowest BCUT2D eigenvalue weighted by atomic mass is 9.93. The molecular formula is C27H42FN3O5. The summed E-state index contributed by atoms with van der Waals surface area (Å²) in [5.74, 6) is -0.101. The summed E-state index contributed by atoms with van der Waals surface area (Å²) in [6, 6.07) is 2.58. The maximum absolute atomic E-state index is 15.4. The van der Waals surface area contributed by atoms with E-state index in [9.17, 15) is 9.59 Å². The maximum Gasteiger partial charge on any atom is 0.350 e. The summed E-state index contributed by atoms with van der Waals surface area (Å²) >= 11 is 0. The lowest BCUT2D eigenvalue weighted by molar-refractivity contribution is -0.156. The van der Waals surface area contributed by atoms with Gasteiger partial charge in [0, 0.05) is 26.1 Å². The molecule has 1 heterocycles. The summed E-state index contributed by atoms with van der Waals surface area (Å²) < 4.78 is 35.0. The molecule has 0 bridgehead atoms. The Labute approximate surface area is 213 Å². The first kappa shape index (κ1) is 29.7. The van der Waals surface area contributed by atoms with Crippen LogP contribution in [0.3, 0.4) is 0 Å². The fraction of sp³-hybridized carbons (Fsp3) is 0.667. The van der Waals surface area contributed by atoms with Crippen molar-refractivity contribution in [3.05, 3.63) is 39.8 Å². The second kappa shape index (κ2) is 13.7. The van der Waals surface area contributed by atoms with Crippen LogP contribution in [0.4, 0.5) is 4.39 Å². The number of carbonyl (C=O) groups excluding carboxylic acids is 1. The van der Waals surface area contributed by atoms with Gasteiger partial charge in [0.15, 0.2) is 17.9 Å². The Bertz CT molecular complexity index is 1060. The summed E-state index contributed by atoms with van der Waals surface area (Å²) in [5.41, 5.74) is -0.422. The summed E-state index contributed by atoms with van der Waals surface area (Å²) in [4.78, 5) is 26.2. The van der Waals surface area contributed by atoms with Crippen LogP contribution in [0.2, 0.25) is 0 Å². The maximum atomic E-state index is 15.4. The molecule has 202 valence electrons. The van der Waals surface area contributed by atoms with Crippen molar-refractivity contribution in [1.29, 1.82) is 0 Å². The quantitative estimate of drug-likeness (QED) is 0.226. The van der Waals surface area contributed by atoms with Crippen LogP contribution in [0.15, 0.2) is 16.9 Å². The molecule has 2 aromatic rings. The van der Waals surface area contributed by atoms with E-state index in [0.29, 0.717) is 18.9 Å². The summed E-state index contributed by atoms with van der Waals surface area (Å²) in [6.07, 6.45) is 2.44. The van der Waals surface area contributed by atoms with Gasteiger partial charge in [-0.1, -0.05) is 40.0 Å². The van der Waals surface area contributed by atoms with Crippen molar-refractivity contribution in [3.63, 3.8) is 0 Å². The van der Waals surface area contributed by atoms with E-state index < -0.39 is 23.9 Å². The average Bonchev–Trinajstić information content (AvgIpc) is 3.12. The highest BCUT2D eigenvalue weighted by molar-refractivity contribution is 5.99. The molecule has 2 unspecified atom stereocenters. The Balaban J connectivity index is 2.54. The van der Waals surface area contributed by atoms with Crippen molar-refractivity contribution in [2.75, 3.05) is 6.61 Å². The highest BCUT2D eigenvalue weighted by Crippen LogP contribution is 2.30. The zero-order chi connectivity index (χ0) is 27.0. The van der Waals surface area contributed by atoms with Gasteiger partial charge in [-0.25, -0.2) is 9.18 Å². The van der Waals surface area contributed by atoms with E-state index in [2.05, 4.69) is 5.10 Å². The smallest absolute Gasteiger partial charge is 0.350 e. The summed E-state index contributed by atoms with van der Waals surface area (Å²) in [6.45, 7) is 13.9. The first-order valence-electron chi connectivity index (χ1n) is 13.0. The predicted octanol–water partition coefficient (Wildman–Crippen LogP) is 5.75. The van der Waals surface area contributed by atoms with Gasteiger partial charge in [-0.2, -0.15) is 4.68 Å². The molecule has 0 fully saturated rings. The predicted molar refractivity (Wildman–Crippen MR) is 137 cm³/mol. The molecule has 0 radical (unpaired) electrons. The van der Waals surface area contributed by atoms with Gasteiger partial charge in [0.05, 0.1) is 11.7 Å². The van der Waals surface area contributed by atoms with Gasteiger partial charge in [-0.05, 0) is 46.1 Å². The van der Waals surface area contributed by atoms with Gasteiger partial charge in [0.1, 0.15) is 23.4 Å². The minimum Gasteiger partial charge on any atom is -0.490 e. The molecule has 0 saturated heterocycles. The zero-order valence-corrected chi connectivity index (χ0v) is 23.0. The van der Waals surface area contributed by atoms with E-state index in [4.69, 9.17) is 14.2 Å². The molecule has 0 saturated carbocycles. The minimum absolute atomic E-state index is 0.0790. The fourth-order valence-corrected chi connectivity index (χ4v) is 4.24. The van der Waals surface area contributed by atoms with Crippen LogP contribution in [0, 0.1) is 11.7 Å². The van der Waals surface area contributed by atoms with Gasteiger partial charge in [-0.15, -0.1) is 5.10 Å². The molecule has 0 spiro atoms. The standard InChI is InChI=1S/C27H42FN3O5/c1-9-13-17(5)35-25-16-23(22(28)15-21(25)24(32)14-20(10-2)11-3)31-27(33)30(8)26(29-31)18(6)36-19(7)34-12-4/h15-20H,9-14H2,1-8H3/t17-,18?,19?/m0/s1. The van der Waals surface area contributed by atoms with Gasteiger partial charge < -0.3 is 14.2 Å². The molecule has 36 heavy (non-hydrogen) atoms. The Morgan fingerprint density at radius 2 is 1.78 bits per heavy atom. The van der Waals surface area contributed by atoms with Crippen LogP contribution >= 0.6 is 0 Å². The van der Waals surface area contributed by atoms with E-state index >= 15 is 4.39 Å². The Kier molecular flexibility index (Phi) is 11.3. The molecule has 2 rings (SSSR count). The van der Waals surface area contributed by atoms with Gasteiger partial charge in [-0.3, -0.25) is 9.36 Å². The van der Waals surface area contributed by atoms with Gasteiger partial charge >= 0.3 is 5.69 Å². The van der Waals surface area contributed by atoms with Crippen LogP contribution < -0.4 is 10.4 Å². The molecule has 0 aliphatic heterocycles. The average molecular weight is 508 g/mol. The molecule has 1 aromatic heterocycles. The summed E-state index contributed by atoms with van der Waals surface area (Å²) in [5, 5.41) is 4.37. The molecule has 9 heteroatoms. The number of ketones is 1. The van der Waals surface area contributed by atoms with Crippen LogP contribution in [0.5, 0.6) is 5.75 Å². The number of hydrogen-bond donors (Lipinski definition) is 0. The number of hydrogen-bond acceptors (Lipinski definition) is 6. The molecular weight excluding hydrogens is 465 g/mol. The number of nitrogens with zero attached hydrogens (tertiary/aromatic N) is 3. The van der Waals surface area contributed by atoms with E-state index in [1.54, 1.807) is 20.9 Å². The van der Waals surface area contributed by atoms with E-state index in [0.717, 1.165) is 30.4 Å². The monoisotopic (exact) mass is 507 g/mol. The second-order valence-electron chi connectivity index (χ2n) is 9.24. The molecule has 8 nitrogen and oxygen atoms in total. The molecule has 3 atom stereocenters. The number of carbonyl (C=O) groups is 1. The number of aromatic nitrogens is 3. The van der Waals surface area contributed by atoms with Crippen molar-refractivity contribution in [2.45, 2.75) is 99.1 Å². The third-order valence-corrected chi connectivity index (χ3v) is 6.40. The third-order valence-electron chi connectivity index (χ3n) is 6.40. The highest BCUT2D eigenvalue weighted by Gasteiger charge is 2.25. The molecule has 0 aliphatic rings. The van der Waals surface area contributed by atoms with Crippen LogP contribution in [-0.2, 0) is 16.5 Å². The first-order chi connectivity index (χ1) is 17.1. The largest absolute Gasteiger partial charge is 0.490 e. The topological polar surface area (TPSA) is 84.6 Å². The Hall–Kier alpha value is -2.52. The first-order valence-corrected chi connectivity index (χ1v) is 13.0. The van der Waals surface area contributed by atoms with E-state index in [1.807, 2.05) is 34.6 Å². The number of rotatable bonds is 15. The Morgan fingerprint density at radius 1 is 1.11 bits per heavy atom. The van der Waals surface area contributed by atoms with Crippen molar-refractivity contribution >= 4 is 5.78 Å². The number of Topliss-reactive ketones (excluding diaryl/α,β-unsaturated/α-hetero) is 1. The number of halogens is 1. The zero-order valence-electron chi connectivity index (χ0n) is 23.0. The Morgan fingerprint density at radius 3 is 2.36 bits per heavy atom. The van der Waals surface area contributed by atoms with Crippen LogP contribution in [0.25, 0.3) is 5.69 Å². The van der Waals surface area contributed by atoms with Gasteiger partial charge in [0.25, 0.3) is 0 Å². The van der Waals surface area contributed by atoms with Crippen LogP contribution in [0.1, 0.15) is 103 Å². The lowest BCUT2D eigenvalue weighted by Crippen LogP contribution is -2.24. The lowest BCUT2D eigenvalue weighted by Gasteiger charge is -2.19. The fourth-order valence-electron chi connectivity index (χ4n) is 4.24. The highest BCUT2D eigenvalue weighted by atomic mass is 19.1. The molecule has 0 N–H and O–H groups in total. The van der Waals surface area contributed by atoms with Crippen molar-refractivity contribution in [1.82, 2.24) is 14.3 Å². The third kappa shape index (κ3) is 7.26. The molecule has 0 aliphatic carbocycles. The molecule has 1 aromatic carbocycles. The number of benzene rings is 1.